The second-order valence-corrected chi connectivity index (χ2v) is 7.35. The number of nitrogens with one attached hydrogen (secondary N) is 2. The van der Waals surface area contributed by atoms with E-state index in [0.29, 0.717) is 0 Å². The number of amides is 2. The van der Waals surface area contributed by atoms with E-state index >= 15 is 0 Å². The van der Waals surface area contributed by atoms with E-state index in [0.717, 1.165) is 22.3 Å². The molecule has 1 aliphatic rings. The zero-order chi connectivity index (χ0) is 22.4. The minimum absolute atomic E-state index is 0.0807. The Morgan fingerprint density at radius 3 is 2.19 bits per heavy atom. The highest BCUT2D eigenvalue weighted by Gasteiger charge is 2.30. The van der Waals surface area contributed by atoms with Gasteiger partial charge in [-0.3, -0.25) is 9.59 Å². The third-order valence-corrected chi connectivity index (χ3v) is 5.21. The predicted octanol–water partition coefficient (Wildman–Crippen LogP) is 2.90. The fourth-order valence-corrected chi connectivity index (χ4v) is 3.67. The van der Waals surface area contributed by atoms with Crippen molar-refractivity contribution in [1.82, 2.24) is 10.6 Å². The molecule has 3 rings (SSSR count). The van der Waals surface area contributed by atoms with Crippen molar-refractivity contribution in [2.75, 3.05) is 6.61 Å². The third kappa shape index (κ3) is 5.23. The summed E-state index contributed by atoms with van der Waals surface area (Å²) in [7, 11) is 0. The minimum atomic E-state index is -1.07. The summed E-state index contributed by atoms with van der Waals surface area (Å²) in [6.07, 6.45) is 4.11. The number of alkyl carbamates (subject to hydrolysis) is 1. The normalized spacial score (nSPS) is 13.8. The number of hydrogen-bond acceptors (Lipinski definition) is 4. The SMILES string of the molecule is C#CC(C)NC(=O)C(CCC(=O)O)NC(=O)OCC1c2ccccc2-c2ccccc21. The number of carbonyl (C=O) groups is 3. The summed E-state index contributed by atoms with van der Waals surface area (Å²) in [6.45, 7) is 1.70. The minimum Gasteiger partial charge on any atom is -0.481 e. The molecule has 2 atom stereocenters. The van der Waals surface area contributed by atoms with E-state index in [4.69, 9.17) is 16.3 Å². The predicted molar refractivity (Wildman–Crippen MR) is 115 cm³/mol. The number of carboxylic acids is 1. The van der Waals surface area contributed by atoms with Gasteiger partial charge in [-0.1, -0.05) is 54.5 Å². The lowest BCUT2D eigenvalue weighted by Gasteiger charge is -2.20. The lowest BCUT2D eigenvalue weighted by molar-refractivity contribution is -0.137. The van der Waals surface area contributed by atoms with Crippen LogP contribution in [0.2, 0.25) is 0 Å². The molecule has 2 aromatic rings. The molecule has 7 heteroatoms. The molecule has 0 saturated heterocycles. The van der Waals surface area contributed by atoms with Gasteiger partial charge < -0.3 is 20.5 Å². The van der Waals surface area contributed by atoms with Crippen molar-refractivity contribution in [3.05, 3.63) is 59.7 Å². The number of ether oxygens (including phenoxy) is 1. The summed E-state index contributed by atoms with van der Waals surface area (Å²) in [6, 6.07) is 14.3. The van der Waals surface area contributed by atoms with Gasteiger partial charge >= 0.3 is 12.1 Å². The van der Waals surface area contributed by atoms with Crippen LogP contribution in [0.5, 0.6) is 0 Å². The van der Waals surface area contributed by atoms with Gasteiger partial charge in [0.2, 0.25) is 5.91 Å². The molecule has 0 radical (unpaired) electrons. The van der Waals surface area contributed by atoms with E-state index < -0.39 is 30.1 Å². The van der Waals surface area contributed by atoms with Crippen LogP contribution in [0.3, 0.4) is 0 Å². The molecule has 0 fully saturated rings. The molecule has 3 N–H and O–H groups in total. The number of fused-ring (bicyclic) bond motifs is 3. The van der Waals surface area contributed by atoms with E-state index in [1.807, 2.05) is 48.5 Å². The molecule has 2 aromatic carbocycles. The average Bonchev–Trinajstić information content (AvgIpc) is 3.08. The van der Waals surface area contributed by atoms with Gasteiger partial charge in [0.25, 0.3) is 0 Å². The molecule has 0 saturated carbocycles. The largest absolute Gasteiger partial charge is 0.481 e. The molecule has 1 aliphatic carbocycles. The molecule has 0 aromatic heterocycles. The summed E-state index contributed by atoms with van der Waals surface area (Å²) < 4.78 is 5.44. The van der Waals surface area contributed by atoms with Crippen molar-refractivity contribution >= 4 is 18.0 Å². The first-order chi connectivity index (χ1) is 14.9. The van der Waals surface area contributed by atoms with Gasteiger partial charge in [0.15, 0.2) is 0 Å². The molecule has 2 amide bonds. The molecule has 7 nitrogen and oxygen atoms in total. The molecule has 160 valence electrons. The van der Waals surface area contributed by atoms with Gasteiger partial charge in [-0.2, -0.15) is 0 Å². The summed E-state index contributed by atoms with van der Waals surface area (Å²) >= 11 is 0. The molecular formula is C24H24N2O5. The smallest absolute Gasteiger partial charge is 0.407 e. The van der Waals surface area contributed by atoms with Crippen LogP contribution in [0.1, 0.15) is 36.8 Å². The van der Waals surface area contributed by atoms with E-state index in [1.54, 1.807) is 6.92 Å². The van der Waals surface area contributed by atoms with Gasteiger partial charge in [0, 0.05) is 12.3 Å². The summed E-state index contributed by atoms with van der Waals surface area (Å²) in [4.78, 5) is 35.7. The van der Waals surface area contributed by atoms with Crippen LogP contribution in [-0.2, 0) is 14.3 Å². The second kappa shape index (κ2) is 9.81. The van der Waals surface area contributed by atoms with E-state index in [-0.39, 0.29) is 25.4 Å². The number of benzene rings is 2. The summed E-state index contributed by atoms with van der Waals surface area (Å²) in [5, 5.41) is 13.9. The van der Waals surface area contributed by atoms with E-state index in [9.17, 15) is 14.4 Å². The molecule has 0 spiro atoms. The molecule has 0 heterocycles. The maximum atomic E-state index is 12.4. The fourth-order valence-electron chi connectivity index (χ4n) is 3.67. The highest BCUT2D eigenvalue weighted by molar-refractivity contribution is 5.86. The van der Waals surface area contributed by atoms with Gasteiger partial charge in [-0.15, -0.1) is 6.42 Å². The van der Waals surface area contributed by atoms with Gasteiger partial charge in [0.05, 0.1) is 6.04 Å². The van der Waals surface area contributed by atoms with Gasteiger partial charge in [-0.25, -0.2) is 4.79 Å². The molecule has 0 bridgehead atoms. The number of carbonyl (C=O) groups excluding carboxylic acids is 2. The average molecular weight is 420 g/mol. The molecule has 0 aliphatic heterocycles. The van der Waals surface area contributed by atoms with E-state index in [1.165, 1.54) is 0 Å². The number of hydrogen-bond donors (Lipinski definition) is 3. The van der Waals surface area contributed by atoms with Crippen molar-refractivity contribution in [1.29, 1.82) is 0 Å². The molecule has 2 unspecified atom stereocenters. The van der Waals surface area contributed by atoms with Crippen molar-refractivity contribution in [2.24, 2.45) is 0 Å². The maximum Gasteiger partial charge on any atom is 0.407 e. The Labute approximate surface area is 180 Å². The highest BCUT2D eigenvalue weighted by Crippen LogP contribution is 2.44. The van der Waals surface area contributed by atoms with Crippen molar-refractivity contribution < 1.29 is 24.2 Å². The summed E-state index contributed by atoms with van der Waals surface area (Å²) in [5.74, 6) is 0.611. The quantitative estimate of drug-likeness (QED) is 0.570. The Morgan fingerprint density at radius 2 is 1.65 bits per heavy atom. The second-order valence-electron chi connectivity index (χ2n) is 7.35. The zero-order valence-electron chi connectivity index (χ0n) is 17.1. The van der Waals surface area contributed by atoms with Gasteiger partial charge in [0.1, 0.15) is 12.6 Å². The number of rotatable bonds is 8. The monoisotopic (exact) mass is 420 g/mol. The number of aliphatic carboxylic acids is 1. The Morgan fingerprint density at radius 1 is 1.06 bits per heavy atom. The lowest BCUT2D eigenvalue weighted by atomic mass is 9.98. The standard InChI is InChI=1S/C24H24N2O5/c1-3-15(2)25-23(29)21(12-13-22(27)28)26-24(30)31-14-20-18-10-6-4-8-16(18)17-9-5-7-11-19(17)20/h1,4-11,15,20-21H,12-14H2,2H3,(H,25,29)(H,26,30)(H,27,28). The fraction of sp³-hybridized carbons (Fsp3) is 0.292. The molecular weight excluding hydrogens is 396 g/mol. The Balaban J connectivity index is 1.67. The third-order valence-electron chi connectivity index (χ3n) is 5.21. The van der Waals surface area contributed by atoms with Crippen LogP contribution in [0.4, 0.5) is 4.79 Å². The van der Waals surface area contributed by atoms with Crippen molar-refractivity contribution in [3.63, 3.8) is 0 Å². The van der Waals surface area contributed by atoms with E-state index in [2.05, 4.69) is 16.6 Å². The highest BCUT2D eigenvalue weighted by atomic mass is 16.5. The zero-order valence-corrected chi connectivity index (χ0v) is 17.1. The Bertz CT molecular complexity index is 981. The number of terminal acetylenes is 1. The van der Waals surface area contributed by atoms with Crippen LogP contribution >= 0.6 is 0 Å². The Kier molecular flexibility index (Phi) is 6.93. The topological polar surface area (TPSA) is 105 Å². The molecule has 31 heavy (non-hydrogen) atoms. The van der Waals surface area contributed by atoms with Crippen LogP contribution in [-0.4, -0.2) is 41.8 Å². The van der Waals surface area contributed by atoms with Crippen LogP contribution in [0.25, 0.3) is 11.1 Å². The Hall–Kier alpha value is -3.79. The first-order valence-corrected chi connectivity index (χ1v) is 10.0. The summed E-state index contributed by atoms with van der Waals surface area (Å²) in [5.41, 5.74) is 4.35. The number of carboxylic acid groups (broad SMARTS) is 1. The van der Waals surface area contributed by atoms with Crippen LogP contribution < -0.4 is 10.6 Å². The maximum absolute atomic E-state index is 12.4. The lowest BCUT2D eigenvalue weighted by Crippen LogP contribution is -2.49. The van der Waals surface area contributed by atoms with Crippen molar-refractivity contribution in [2.45, 2.75) is 37.8 Å². The van der Waals surface area contributed by atoms with Crippen LogP contribution in [0, 0.1) is 12.3 Å². The first-order valence-electron chi connectivity index (χ1n) is 10.0. The first kappa shape index (κ1) is 21.9. The van der Waals surface area contributed by atoms with Crippen LogP contribution in [0.15, 0.2) is 48.5 Å². The van der Waals surface area contributed by atoms with Gasteiger partial charge in [-0.05, 0) is 35.6 Å². The van der Waals surface area contributed by atoms with Crippen molar-refractivity contribution in [3.8, 4) is 23.5 Å².